The molecule has 5 nitrogen and oxygen atoms in total. The molecular weight excluding hydrogens is 308 g/mol. The van der Waals surface area contributed by atoms with E-state index in [0.29, 0.717) is 11.5 Å². The van der Waals surface area contributed by atoms with Gasteiger partial charge in [-0.1, -0.05) is 0 Å². The van der Waals surface area contributed by atoms with Gasteiger partial charge in [0.05, 0.1) is 7.11 Å². The first-order valence-electron chi connectivity index (χ1n) is 5.63. The highest BCUT2D eigenvalue weighted by atomic mass is 79.9. The first-order valence-corrected chi connectivity index (χ1v) is 6.42. The van der Waals surface area contributed by atoms with Gasteiger partial charge in [-0.05, 0) is 40.2 Å². The fraction of sp³-hybridized carbons (Fsp3) is 0.0769. The Bertz CT molecular complexity index is 753. The quantitative estimate of drug-likeness (QED) is 0.738. The van der Waals surface area contributed by atoms with Gasteiger partial charge < -0.3 is 10.5 Å². The molecule has 3 rings (SSSR count). The van der Waals surface area contributed by atoms with Crippen LogP contribution < -0.4 is 10.5 Å². The maximum Gasteiger partial charge on any atom is 0.170 e. The van der Waals surface area contributed by atoms with Gasteiger partial charge in [0.25, 0.3) is 0 Å². The van der Waals surface area contributed by atoms with Crippen LogP contribution in [0.15, 0.2) is 41.0 Å². The average Bonchev–Trinajstić information content (AvgIpc) is 2.81. The lowest BCUT2D eigenvalue weighted by atomic mass is 10.1. The second-order valence-corrected chi connectivity index (χ2v) is 4.97. The van der Waals surface area contributed by atoms with Gasteiger partial charge in [0.1, 0.15) is 5.75 Å². The second-order valence-electron chi connectivity index (χ2n) is 4.05. The smallest absolute Gasteiger partial charge is 0.170 e. The average molecular weight is 319 g/mol. The van der Waals surface area contributed by atoms with Gasteiger partial charge in [0.15, 0.2) is 11.5 Å². The Balaban J connectivity index is 2.21. The van der Waals surface area contributed by atoms with Crippen molar-refractivity contribution in [3.8, 4) is 17.1 Å². The van der Waals surface area contributed by atoms with Crippen molar-refractivity contribution < 1.29 is 4.74 Å². The number of ether oxygens (including phenoxy) is 1. The molecule has 0 fully saturated rings. The van der Waals surface area contributed by atoms with Gasteiger partial charge in [0.2, 0.25) is 0 Å². The SMILES string of the molecule is COc1ccc(-c2nnc3ccc(Br)cn23)c(N)c1. The lowest BCUT2D eigenvalue weighted by Gasteiger charge is -2.06. The maximum absolute atomic E-state index is 6.04. The monoisotopic (exact) mass is 318 g/mol. The molecule has 2 aromatic heterocycles. The summed E-state index contributed by atoms with van der Waals surface area (Å²) in [5.41, 5.74) is 8.25. The highest BCUT2D eigenvalue weighted by molar-refractivity contribution is 9.10. The lowest BCUT2D eigenvalue weighted by Crippen LogP contribution is -1.96. The summed E-state index contributed by atoms with van der Waals surface area (Å²) >= 11 is 3.44. The van der Waals surface area contributed by atoms with E-state index in [9.17, 15) is 0 Å². The summed E-state index contributed by atoms with van der Waals surface area (Å²) in [6, 6.07) is 9.32. The summed E-state index contributed by atoms with van der Waals surface area (Å²) in [5.74, 6) is 1.42. The van der Waals surface area contributed by atoms with Gasteiger partial charge in [-0.25, -0.2) is 0 Å². The molecule has 0 saturated carbocycles. The first-order chi connectivity index (χ1) is 9.19. The number of benzene rings is 1. The third-order valence-corrected chi connectivity index (χ3v) is 3.33. The predicted octanol–water partition coefficient (Wildman–Crippen LogP) is 2.75. The Kier molecular flexibility index (Phi) is 2.87. The predicted molar refractivity (Wildman–Crippen MR) is 77.1 cm³/mol. The van der Waals surface area contributed by atoms with Crippen LogP contribution in [0.3, 0.4) is 0 Å². The molecule has 0 atom stereocenters. The van der Waals surface area contributed by atoms with Crippen LogP contribution in [-0.2, 0) is 0 Å². The van der Waals surface area contributed by atoms with Gasteiger partial charge in [-0.3, -0.25) is 4.40 Å². The highest BCUT2D eigenvalue weighted by Crippen LogP contribution is 2.28. The maximum atomic E-state index is 6.04. The van der Waals surface area contributed by atoms with Crippen LogP contribution in [0.2, 0.25) is 0 Å². The number of methoxy groups -OCH3 is 1. The zero-order valence-corrected chi connectivity index (χ0v) is 11.8. The number of hydrogen-bond acceptors (Lipinski definition) is 4. The van der Waals surface area contributed by atoms with E-state index < -0.39 is 0 Å². The molecule has 0 saturated heterocycles. The van der Waals surface area contributed by atoms with Crippen LogP contribution in [0, 0.1) is 0 Å². The summed E-state index contributed by atoms with van der Waals surface area (Å²) in [5, 5.41) is 8.32. The number of fused-ring (bicyclic) bond motifs is 1. The van der Waals surface area contributed by atoms with Gasteiger partial charge in [-0.2, -0.15) is 0 Å². The minimum Gasteiger partial charge on any atom is -0.497 e. The van der Waals surface area contributed by atoms with Crippen molar-refractivity contribution in [3.05, 3.63) is 41.0 Å². The lowest BCUT2D eigenvalue weighted by molar-refractivity contribution is 0.415. The van der Waals surface area contributed by atoms with E-state index in [1.54, 1.807) is 13.2 Å². The van der Waals surface area contributed by atoms with E-state index in [0.717, 1.165) is 21.4 Å². The second kappa shape index (κ2) is 4.55. The Morgan fingerprint density at radius 3 is 2.79 bits per heavy atom. The van der Waals surface area contributed by atoms with Gasteiger partial charge >= 0.3 is 0 Å². The van der Waals surface area contributed by atoms with Crippen LogP contribution in [-0.4, -0.2) is 21.7 Å². The summed E-state index contributed by atoms with van der Waals surface area (Å²) in [4.78, 5) is 0. The van der Waals surface area contributed by atoms with E-state index in [4.69, 9.17) is 10.5 Å². The third-order valence-electron chi connectivity index (χ3n) is 2.87. The van der Waals surface area contributed by atoms with E-state index in [1.807, 2.05) is 34.9 Å². The Morgan fingerprint density at radius 1 is 1.21 bits per heavy atom. The zero-order chi connectivity index (χ0) is 13.4. The number of anilines is 1. The fourth-order valence-electron chi connectivity index (χ4n) is 1.92. The van der Waals surface area contributed by atoms with Crippen LogP contribution in [0.25, 0.3) is 17.0 Å². The summed E-state index contributed by atoms with van der Waals surface area (Å²) in [7, 11) is 1.61. The summed E-state index contributed by atoms with van der Waals surface area (Å²) < 4.78 is 7.99. The molecule has 0 aliphatic carbocycles. The standard InChI is InChI=1S/C13H11BrN4O/c1-19-9-3-4-10(11(15)6-9)13-17-16-12-5-2-8(14)7-18(12)13/h2-7H,15H2,1H3. The molecule has 2 heterocycles. The number of aromatic nitrogens is 3. The molecule has 19 heavy (non-hydrogen) atoms. The molecule has 96 valence electrons. The van der Waals surface area contributed by atoms with Crippen molar-refractivity contribution in [2.45, 2.75) is 0 Å². The number of nitrogens with zero attached hydrogens (tertiary/aromatic N) is 3. The molecule has 0 radical (unpaired) electrons. The minimum absolute atomic E-state index is 0.605. The molecular formula is C13H11BrN4O. The van der Waals surface area contributed by atoms with Crippen molar-refractivity contribution in [3.63, 3.8) is 0 Å². The molecule has 0 bridgehead atoms. The van der Waals surface area contributed by atoms with Crippen LogP contribution in [0.1, 0.15) is 0 Å². The number of pyridine rings is 1. The van der Waals surface area contributed by atoms with Crippen molar-refractivity contribution in [1.29, 1.82) is 0 Å². The van der Waals surface area contributed by atoms with Gasteiger partial charge in [-0.15, -0.1) is 10.2 Å². The number of halogens is 1. The minimum atomic E-state index is 0.605. The summed E-state index contributed by atoms with van der Waals surface area (Å²) in [6.07, 6.45) is 1.91. The fourth-order valence-corrected chi connectivity index (χ4v) is 2.26. The topological polar surface area (TPSA) is 65.4 Å². The summed E-state index contributed by atoms with van der Waals surface area (Å²) in [6.45, 7) is 0. The van der Waals surface area contributed by atoms with Crippen molar-refractivity contribution in [2.75, 3.05) is 12.8 Å². The molecule has 2 N–H and O–H groups in total. The Hall–Kier alpha value is -2.08. The largest absolute Gasteiger partial charge is 0.497 e. The normalized spacial score (nSPS) is 10.8. The van der Waals surface area contributed by atoms with E-state index >= 15 is 0 Å². The van der Waals surface area contributed by atoms with Crippen LogP contribution in [0.4, 0.5) is 5.69 Å². The number of rotatable bonds is 2. The number of nitrogen functional groups attached to an aromatic ring is 1. The number of nitrogens with two attached hydrogens (primary N) is 1. The molecule has 0 aliphatic heterocycles. The zero-order valence-electron chi connectivity index (χ0n) is 10.2. The highest BCUT2D eigenvalue weighted by Gasteiger charge is 2.11. The molecule has 0 unspecified atom stereocenters. The molecule has 6 heteroatoms. The molecule has 1 aromatic carbocycles. The molecule has 0 aliphatic rings. The van der Waals surface area contributed by atoms with Crippen LogP contribution in [0.5, 0.6) is 5.75 Å². The molecule has 0 spiro atoms. The Labute approximate surface area is 118 Å². The van der Waals surface area contributed by atoms with Gasteiger partial charge in [0, 0.05) is 28.0 Å². The van der Waals surface area contributed by atoms with E-state index in [-0.39, 0.29) is 0 Å². The first kappa shape index (κ1) is 12.0. The molecule has 0 amide bonds. The molecule has 3 aromatic rings. The third kappa shape index (κ3) is 2.04. The van der Waals surface area contributed by atoms with Crippen molar-refractivity contribution in [1.82, 2.24) is 14.6 Å². The number of hydrogen-bond donors (Lipinski definition) is 1. The van der Waals surface area contributed by atoms with E-state index in [2.05, 4.69) is 26.1 Å². The van der Waals surface area contributed by atoms with Crippen molar-refractivity contribution in [2.24, 2.45) is 0 Å². The Morgan fingerprint density at radius 2 is 2.05 bits per heavy atom. The van der Waals surface area contributed by atoms with E-state index in [1.165, 1.54) is 0 Å². The van der Waals surface area contributed by atoms with Crippen LogP contribution >= 0.6 is 15.9 Å². The van der Waals surface area contributed by atoms with Crippen molar-refractivity contribution >= 4 is 27.3 Å².